The van der Waals surface area contributed by atoms with Gasteiger partial charge in [-0.05, 0) is 90.3 Å². The zero-order valence-electron chi connectivity index (χ0n) is 33.8. The number of pyridine rings is 3. The summed E-state index contributed by atoms with van der Waals surface area (Å²) in [5, 5.41) is 10.7. The molecule has 7 rings (SSSR count). The molecule has 4 aromatic rings. The van der Waals surface area contributed by atoms with E-state index in [0.29, 0.717) is 64.4 Å². The molecule has 0 bridgehead atoms. The molecule has 1 aromatic carbocycles. The Balaban J connectivity index is 1.41. The van der Waals surface area contributed by atoms with E-state index in [2.05, 4.69) is 16.0 Å². The molecule has 13 nitrogen and oxygen atoms in total. The molecule has 1 spiro atoms. The number of nitrogens with zero attached hydrogens (tertiary/aromatic N) is 6. The average molecular weight is 779 g/mol. The summed E-state index contributed by atoms with van der Waals surface area (Å²) in [6.07, 6.45) is 6.15. The lowest BCUT2D eigenvalue weighted by Crippen LogP contribution is -2.34. The maximum atomic E-state index is 16.2. The quantitative estimate of drug-likeness (QED) is 0.123. The van der Waals surface area contributed by atoms with E-state index >= 15 is 4.39 Å². The number of amides is 1. The van der Waals surface area contributed by atoms with E-state index in [0.717, 1.165) is 12.8 Å². The van der Waals surface area contributed by atoms with Crippen molar-refractivity contribution >= 4 is 40.4 Å². The van der Waals surface area contributed by atoms with Crippen molar-refractivity contribution in [2.45, 2.75) is 85.4 Å². The van der Waals surface area contributed by atoms with Gasteiger partial charge < -0.3 is 23.7 Å². The number of nitriles is 1. The van der Waals surface area contributed by atoms with Crippen LogP contribution in [0.3, 0.4) is 0 Å². The Labute approximate surface area is 330 Å². The van der Waals surface area contributed by atoms with Gasteiger partial charge in [0, 0.05) is 80.9 Å². The van der Waals surface area contributed by atoms with Crippen LogP contribution in [0.2, 0.25) is 0 Å². The second-order valence-electron chi connectivity index (χ2n) is 17.3. The molecule has 0 radical (unpaired) electrons. The number of aromatic nitrogens is 3. The normalized spacial score (nSPS) is 18.3. The van der Waals surface area contributed by atoms with E-state index in [1.165, 1.54) is 24.2 Å². The highest BCUT2D eigenvalue weighted by atomic mass is 19.1. The molecule has 298 valence electrons. The second-order valence-corrected chi connectivity index (χ2v) is 17.3. The molecule has 2 aliphatic carbocycles. The standard InChI is InChI=1S/C43H47FN6O7/c1-10-55-39(53)29-21-48(8)38-26(37(29)52)13-23(19-47-38)28-20-46-31-15-25-32(49(9)40(54)57-42(5,6)7)16-30(44)27(18-45)34(25)35(31)36(28)50-12-11-43(22-50)17-24(43)14-33(51)56-41(2,3)4/h13,16,19-21,24H,10-12,14-15,17,22H2,1-9H3/t24-,43+/m0/s1. The fraction of sp³-hybridized carbons (Fsp3) is 0.465. The number of rotatable bonds is 7. The first-order valence-corrected chi connectivity index (χ1v) is 19.1. The van der Waals surface area contributed by atoms with Crippen LogP contribution in [0.5, 0.6) is 0 Å². The van der Waals surface area contributed by atoms with Gasteiger partial charge in [0.1, 0.15) is 34.3 Å². The van der Waals surface area contributed by atoms with Gasteiger partial charge >= 0.3 is 18.0 Å². The molecule has 57 heavy (non-hydrogen) atoms. The summed E-state index contributed by atoms with van der Waals surface area (Å²) in [5.41, 5.74) is 1.96. The summed E-state index contributed by atoms with van der Waals surface area (Å²) >= 11 is 0. The molecule has 3 aliphatic rings. The van der Waals surface area contributed by atoms with Gasteiger partial charge in [0.25, 0.3) is 0 Å². The molecular formula is C43H47FN6O7. The molecule has 2 atom stereocenters. The lowest BCUT2D eigenvalue weighted by Gasteiger charge is -2.27. The molecule has 14 heteroatoms. The van der Waals surface area contributed by atoms with Crippen LogP contribution in [0.4, 0.5) is 20.6 Å². The topological polar surface area (TPSA) is 157 Å². The van der Waals surface area contributed by atoms with Gasteiger partial charge in [-0.25, -0.2) is 19.0 Å². The highest BCUT2D eigenvalue weighted by Gasteiger charge is 2.58. The van der Waals surface area contributed by atoms with E-state index in [4.69, 9.17) is 19.2 Å². The maximum Gasteiger partial charge on any atom is 0.414 e. The predicted octanol–water partition coefficient (Wildman–Crippen LogP) is 7.07. The minimum absolute atomic E-state index is 0.0977. The van der Waals surface area contributed by atoms with Crippen LogP contribution in [0.15, 0.2) is 35.5 Å². The van der Waals surface area contributed by atoms with Gasteiger partial charge in [0.05, 0.1) is 34.6 Å². The third-order valence-electron chi connectivity index (χ3n) is 10.9. The number of carbonyl (C=O) groups is 3. The fourth-order valence-corrected chi connectivity index (χ4v) is 8.37. The van der Waals surface area contributed by atoms with Gasteiger partial charge in [-0.1, -0.05) is 0 Å². The van der Waals surface area contributed by atoms with Crippen molar-refractivity contribution in [2.24, 2.45) is 18.4 Å². The Morgan fingerprint density at radius 2 is 1.79 bits per heavy atom. The monoisotopic (exact) mass is 778 g/mol. The lowest BCUT2D eigenvalue weighted by atomic mass is 9.94. The Morgan fingerprint density at radius 3 is 2.46 bits per heavy atom. The van der Waals surface area contributed by atoms with E-state index in [-0.39, 0.29) is 52.5 Å². The van der Waals surface area contributed by atoms with E-state index < -0.39 is 34.5 Å². The van der Waals surface area contributed by atoms with Gasteiger partial charge in [-0.2, -0.15) is 5.26 Å². The number of hydrogen-bond acceptors (Lipinski definition) is 11. The molecule has 4 heterocycles. The lowest BCUT2D eigenvalue weighted by molar-refractivity contribution is -0.155. The molecule has 3 aromatic heterocycles. The molecule has 2 fully saturated rings. The summed E-state index contributed by atoms with van der Waals surface area (Å²) in [4.78, 5) is 65.8. The van der Waals surface area contributed by atoms with Crippen LogP contribution in [0.1, 0.15) is 94.9 Å². The van der Waals surface area contributed by atoms with Crippen molar-refractivity contribution in [1.82, 2.24) is 14.5 Å². The summed E-state index contributed by atoms with van der Waals surface area (Å²) in [6.45, 7) is 13.7. The number of esters is 2. The molecular weight excluding hydrogens is 732 g/mol. The summed E-state index contributed by atoms with van der Waals surface area (Å²) < 4.78 is 34.2. The minimum atomic E-state index is -0.811. The minimum Gasteiger partial charge on any atom is -0.462 e. The predicted molar refractivity (Wildman–Crippen MR) is 212 cm³/mol. The van der Waals surface area contributed by atoms with Crippen LogP contribution < -0.4 is 15.2 Å². The fourth-order valence-electron chi connectivity index (χ4n) is 8.37. The van der Waals surface area contributed by atoms with Crippen LogP contribution in [0.25, 0.3) is 33.3 Å². The zero-order valence-corrected chi connectivity index (χ0v) is 33.8. The molecule has 1 saturated heterocycles. The third-order valence-corrected chi connectivity index (χ3v) is 10.9. The van der Waals surface area contributed by atoms with E-state index in [9.17, 15) is 24.4 Å². The first-order chi connectivity index (χ1) is 26.8. The van der Waals surface area contributed by atoms with Crippen molar-refractivity contribution in [1.29, 1.82) is 5.26 Å². The first kappa shape index (κ1) is 39.4. The van der Waals surface area contributed by atoms with E-state index in [1.54, 1.807) is 57.8 Å². The Kier molecular flexibility index (Phi) is 9.65. The van der Waals surface area contributed by atoms with Crippen molar-refractivity contribution in [3.8, 4) is 28.3 Å². The third kappa shape index (κ3) is 7.19. The summed E-state index contributed by atoms with van der Waals surface area (Å²) in [6, 6.07) is 4.94. The van der Waals surface area contributed by atoms with E-state index in [1.807, 2.05) is 20.8 Å². The van der Waals surface area contributed by atoms with Gasteiger partial charge in [0.2, 0.25) is 5.43 Å². The number of aryl methyl sites for hydroxylation is 1. The SMILES string of the molecule is CCOC(=O)c1cn(C)c2ncc(-c3cnc4c(c3N3CC[C@@]5(C[C@@H]5CC(=O)OC(C)(C)C)C3)-c3c(C#N)c(F)cc(N(C)C(=O)OC(C)(C)C)c3C4)cc2c1=O. The van der Waals surface area contributed by atoms with Crippen molar-refractivity contribution < 1.29 is 33.0 Å². The molecule has 0 unspecified atom stereocenters. The highest BCUT2D eigenvalue weighted by Crippen LogP contribution is 2.62. The molecule has 1 amide bonds. The second kappa shape index (κ2) is 14.0. The number of halogens is 1. The zero-order chi connectivity index (χ0) is 41.4. The number of hydrogen-bond donors (Lipinski definition) is 0. The number of ether oxygens (including phenoxy) is 3. The Morgan fingerprint density at radius 1 is 1.07 bits per heavy atom. The molecule has 1 saturated carbocycles. The summed E-state index contributed by atoms with van der Waals surface area (Å²) in [7, 11) is 3.19. The highest BCUT2D eigenvalue weighted by molar-refractivity contribution is 6.01. The number of anilines is 2. The Hall–Kier alpha value is -5.84. The van der Waals surface area contributed by atoms with Crippen LogP contribution in [-0.4, -0.2) is 70.5 Å². The average Bonchev–Trinajstić information content (AvgIpc) is 3.40. The van der Waals surface area contributed by atoms with Crippen LogP contribution in [-0.2, 0) is 32.5 Å². The first-order valence-electron chi connectivity index (χ1n) is 19.1. The van der Waals surface area contributed by atoms with Crippen LogP contribution >= 0.6 is 0 Å². The molecule has 0 N–H and O–H groups in total. The van der Waals surface area contributed by atoms with Crippen molar-refractivity contribution in [3.05, 3.63) is 69.1 Å². The number of benzene rings is 1. The number of fused-ring (bicyclic) bond motifs is 4. The van der Waals surface area contributed by atoms with Crippen molar-refractivity contribution in [3.63, 3.8) is 0 Å². The number of carbonyl (C=O) groups excluding carboxylic acids is 3. The largest absolute Gasteiger partial charge is 0.462 e. The maximum absolute atomic E-state index is 16.2. The Bertz CT molecular complexity index is 2480. The van der Waals surface area contributed by atoms with Gasteiger partial charge in [-0.15, -0.1) is 0 Å². The smallest absolute Gasteiger partial charge is 0.414 e. The van der Waals surface area contributed by atoms with Gasteiger partial charge in [0.15, 0.2) is 0 Å². The summed E-state index contributed by atoms with van der Waals surface area (Å²) in [5.74, 6) is -1.68. The van der Waals surface area contributed by atoms with Gasteiger partial charge in [-0.3, -0.25) is 19.5 Å². The van der Waals surface area contributed by atoms with Crippen molar-refractivity contribution in [2.75, 3.05) is 36.5 Å². The van der Waals surface area contributed by atoms with Crippen LogP contribution in [0, 0.1) is 28.5 Å². The molecule has 1 aliphatic heterocycles.